The van der Waals surface area contributed by atoms with Crippen molar-refractivity contribution in [3.63, 3.8) is 0 Å². The average molecular weight is 270 g/mol. The first kappa shape index (κ1) is 14.0. The van der Waals surface area contributed by atoms with Gasteiger partial charge in [-0.05, 0) is 48.5 Å². The molecule has 0 amide bonds. The van der Waals surface area contributed by atoms with E-state index in [1.54, 1.807) is 31.4 Å². The van der Waals surface area contributed by atoms with E-state index in [4.69, 9.17) is 10.00 Å². The number of halogens is 1. The number of rotatable bonds is 4. The van der Waals surface area contributed by atoms with Gasteiger partial charge in [0.05, 0.1) is 18.7 Å². The minimum Gasteiger partial charge on any atom is -0.496 e. The fraction of sp³-hybridized carbons (Fsp3) is 0.188. The molecular formula is C16H15FN2O. The predicted octanol–water partition coefficient (Wildman–Crippen LogP) is 3.09. The number of ether oxygens (including phenoxy) is 1. The van der Waals surface area contributed by atoms with Gasteiger partial charge in [0.25, 0.3) is 0 Å². The molecule has 0 aliphatic rings. The van der Waals surface area contributed by atoms with Gasteiger partial charge in [-0.1, -0.05) is 6.07 Å². The largest absolute Gasteiger partial charge is 0.496 e. The molecule has 0 fully saturated rings. The monoisotopic (exact) mass is 270 g/mol. The molecule has 2 aromatic rings. The van der Waals surface area contributed by atoms with Gasteiger partial charge in [0, 0.05) is 12.1 Å². The van der Waals surface area contributed by atoms with Crippen molar-refractivity contribution in [2.45, 2.75) is 6.54 Å². The first-order valence-electron chi connectivity index (χ1n) is 6.21. The summed E-state index contributed by atoms with van der Waals surface area (Å²) in [4.78, 5) is 0. The zero-order valence-corrected chi connectivity index (χ0v) is 11.4. The Hall–Kier alpha value is -2.38. The summed E-state index contributed by atoms with van der Waals surface area (Å²) in [6.45, 7) is 0.607. The van der Waals surface area contributed by atoms with E-state index in [0.717, 1.165) is 16.7 Å². The molecule has 1 N–H and O–H groups in total. The second-order valence-corrected chi connectivity index (χ2v) is 4.36. The van der Waals surface area contributed by atoms with Crippen LogP contribution in [0.1, 0.15) is 11.1 Å². The Bertz CT molecular complexity index is 662. The van der Waals surface area contributed by atoms with Crippen molar-refractivity contribution in [2.24, 2.45) is 0 Å². The molecule has 0 radical (unpaired) electrons. The lowest BCUT2D eigenvalue weighted by molar-refractivity contribution is 0.416. The molecule has 0 aliphatic heterocycles. The molecule has 0 saturated heterocycles. The first-order valence-corrected chi connectivity index (χ1v) is 6.21. The lowest BCUT2D eigenvalue weighted by Gasteiger charge is -2.13. The molecule has 0 atom stereocenters. The third kappa shape index (κ3) is 2.79. The topological polar surface area (TPSA) is 45.0 Å². The Morgan fingerprint density at radius 1 is 1.20 bits per heavy atom. The van der Waals surface area contributed by atoms with Crippen molar-refractivity contribution in [2.75, 3.05) is 14.2 Å². The fourth-order valence-electron chi connectivity index (χ4n) is 2.13. The van der Waals surface area contributed by atoms with Crippen LogP contribution in [0.2, 0.25) is 0 Å². The normalized spacial score (nSPS) is 10.1. The smallest absolute Gasteiger partial charge is 0.126 e. The summed E-state index contributed by atoms with van der Waals surface area (Å²) in [6.07, 6.45) is 0. The SMILES string of the molecule is CNCc1ccc(F)cc1-c1cc(C#N)ccc1OC. The minimum absolute atomic E-state index is 0.315. The summed E-state index contributed by atoms with van der Waals surface area (Å²) < 4.78 is 18.9. The quantitative estimate of drug-likeness (QED) is 0.928. The summed E-state index contributed by atoms with van der Waals surface area (Å²) in [7, 11) is 3.39. The highest BCUT2D eigenvalue weighted by Gasteiger charge is 2.12. The van der Waals surface area contributed by atoms with Crippen molar-refractivity contribution in [1.82, 2.24) is 5.32 Å². The van der Waals surface area contributed by atoms with Gasteiger partial charge in [0.15, 0.2) is 0 Å². The van der Waals surface area contributed by atoms with Crippen LogP contribution in [0.5, 0.6) is 5.75 Å². The fourth-order valence-corrected chi connectivity index (χ4v) is 2.13. The van der Waals surface area contributed by atoms with E-state index in [1.807, 2.05) is 7.05 Å². The lowest BCUT2D eigenvalue weighted by Crippen LogP contribution is -2.07. The van der Waals surface area contributed by atoms with E-state index < -0.39 is 0 Å². The van der Waals surface area contributed by atoms with E-state index in [-0.39, 0.29) is 5.82 Å². The summed E-state index contributed by atoms with van der Waals surface area (Å²) >= 11 is 0. The Labute approximate surface area is 117 Å². The van der Waals surface area contributed by atoms with Crippen LogP contribution in [0.3, 0.4) is 0 Å². The lowest BCUT2D eigenvalue weighted by atomic mass is 9.97. The molecule has 2 rings (SSSR count). The number of methoxy groups -OCH3 is 1. The van der Waals surface area contributed by atoms with Gasteiger partial charge >= 0.3 is 0 Å². The third-order valence-electron chi connectivity index (χ3n) is 3.06. The molecule has 0 aromatic heterocycles. The maximum atomic E-state index is 13.6. The molecule has 4 heteroatoms. The maximum absolute atomic E-state index is 13.6. The number of hydrogen-bond acceptors (Lipinski definition) is 3. The van der Waals surface area contributed by atoms with E-state index in [9.17, 15) is 4.39 Å². The van der Waals surface area contributed by atoms with E-state index in [0.29, 0.717) is 17.9 Å². The molecule has 0 bridgehead atoms. The minimum atomic E-state index is -0.315. The number of nitriles is 1. The van der Waals surface area contributed by atoms with Gasteiger partial charge in [-0.25, -0.2) is 4.39 Å². The summed E-state index contributed by atoms with van der Waals surface area (Å²) in [5.74, 6) is 0.302. The maximum Gasteiger partial charge on any atom is 0.126 e. The molecule has 102 valence electrons. The van der Waals surface area contributed by atoms with Crippen LogP contribution >= 0.6 is 0 Å². The Morgan fingerprint density at radius 3 is 2.65 bits per heavy atom. The Morgan fingerprint density at radius 2 is 2.00 bits per heavy atom. The van der Waals surface area contributed by atoms with Gasteiger partial charge in [-0.3, -0.25) is 0 Å². The molecular weight excluding hydrogens is 255 g/mol. The highest BCUT2D eigenvalue weighted by molar-refractivity contribution is 5.75. The van der Waals surface area contributed by atoms with Crippen LogP contribution in [-0.4, -0.2) is 14.2 Å². The van der Waals surface area contributed by atoms with Crippen molar-refractivity contribution < 1.29 is 9.13 Å². The molecule has 3 nitrogen and oxygen atoms in total. The van der Waals surface area contributed by atoms with Gasteiger partial charge < -0.3 is 10.1 Å². The van der Waals surface area contributed by atoms with Crippen LogP contribution < -0.4 is 10.1 Å². The zero-order chi connectivity index (χ0) is 14.5. The summed E-state index contributed by atoms with van der Waals surface area (Å²) in [5, 5.41) is 12.1. The van der Waals surface area contributed by atoms with Crippen LogP contribution in [0.15, 0.2) is 36.4 Å². The molecule has 0 unspecified atom stereocenters. The number of nitrogens with zero attached hydrogens (tertiary/aromatic N) is 1. The van der Waals surface area contributed by atoms with E-state index in [1.165, 1.54) is 12.1 Å². The highest BCUT2D eigenvalue weighted by Crippen LogP contribution is 2.33. The van der Waals surface area contributed by atoms with Crippen LogP contribution in [-0.2, 0) is 6.54 Å². The average Bonchev–Trinajstić information content (AvgIpc) is 2.48. The van der Waals surface area contributed by atoms with Gasteiger partial charge in [0.2, 0.25) is 0 Å². The second-order valence-electron chi connectivity index (χ2n) is 4.36. The number of benzene rings is 2. The number of nitrogens with one attached hydrogen (secondary N) is 1. The van der Waals surface area contributed by atoms with Gasteiger partial charge in [-0.15, -0.1) is 0 Å². The Kier molecular flexibility index (Phi) is 4.34. The van der Waals surface area contributed by atoms with Crippen LogP contribution in [0.25, 0.3) is 11.1 Å². The molecule has 2 aromatic carbocycles. The third-order valence-corrected chi connectivity index (χ3v) is 3.06. The molecule has 20 heavy (non-hydrogen) atoms. The van der Waals surface area contributed by atoms with Crippen molar-refractivity contribution in [1.29, 1.82) is 5.26 Å². The highest BCUT2D eigenvalue weighted by atomic mass is 19.1. The Balaban J connectivity index is 2.66. The molecule has 0 aliphatic carbocycles. The van der Waals surface area contributed by atoms with E-state index in [2.05, 4.69) is 11.4 Å². The second kappa shape index (κ2) is 6.18. The first-order chi connectivity index (χ1) is 9.69. The van der Waals surface area contributed by atoms with Crippen LogP contribution in [0, 0.1) is 17.1 Å². The van der Waals surface area contributed by atoms with Gasteiger partial charge in [-0.2, -0.15) is 5.26 Å². The molecule has 0 heterocycles. The zero-order valence-electron chi connectivity index (χ0n) is 11.4. The van der Waals surface area contributed by atoms with Crippen molar-refractivity contribution in [3.8, 4) is 22.9 Å². The van der Waals surface area contributed by atoms with Crippen molar-refractivity contribution >= 4 is 0 Å². The molecule has 0 spiro atoms. The predicted molar refractivity (Wildman–Crippen MR) is 75.9 cm³/mol. The summed E-state index contributed by atoms with van der Waals surface area (Å²) in [6, 6.07) is 11.8. The van der Waals surface area contributed by atoms with Crippen molar-refractivity contribution in [3.05, 3.63) is 53.3 Å². The standard InChI is InChI=1S/C16H15FN2O/c1-19-10-12-4-5-13(17)8-14(12)15-7-11(9-18)3-6-16(15)20-2/h3-8,19H,10H2,1-2H3. The molecule has 0 saturated carbocycles. The van der Waals surface area contributed by atoms with Crippen LogP contribution in [0.4, 0.5) is 4.39 Å². The summed E-state index contributed by atoms with van der Waals surface area (Å²) in [5.41, 5.74) is 2.91. The van der Waals surface area contributed by atoms with E-state index >= 15 is 0 Å². The number of hydrogen-bond donors (Lipinski definition) is 1. The van der Waals surface area contributed by atoms with Gasteiger partial charge in [0.1, 0.15) is 11.6 Å².